The minimum absolute atomic E-state index is 0.0283. The van der Waals surface area contributed by atoms with Gasteiger partial charge in [-0.3, -0.25) is 0 Å². The van der Waals surface area contributed by atoms with Gasteiger partial charge in [0, 0.05) is 16.1 Å². The molecule has 2 nitrogen and oxygen atoms in total. The molecule has 0 bridgehead atoms. The smallest absolute Gasteiger partial charge is 0.123 e. The number of likely N-dealkylation sites (N-methyl/N-ethyl adjacent to an activating group) is 2. The molecule has 0 aliphatic carbocycles. The van der Waals surface area contributed by atoms with E-state index in [2.05, 4.69) is 54.1 Å². The number of halogens is 2. The van der Waals surface area contributed by atoms with Crippen molar-refractivity contribution in [3.05, 3.63) is 34.1 Å². The molecule has 1 N–H and O–H groups in total. The minimum atomic E-state index is -0.184. The number of hydrogen-bond acceptors (Lipinski definition) is 2. The molecule has 0 aliphatic rings. The summed E-state index contributed by atoms with van der Waals surface area (Å²) in [6.07, 6.45) is 1.82. The minimum Gasteiger partial charge on any atom is -0.315 e. The molecule has 0 heterocycles. The first-order valence-corrected chi connectivity index (χ1v) is 7.43. The van der Waals surface area contributed by atoms with Crippen LogP contribution in [0.2, 0.25) is 0 Å². The van der Waals surface area contributed by atoms with E-state index >= 15 is 0 Å². The highest BCUT2D eigenvalue weighted by Crippen LogP contribution is 2.27. The molecule has 0 spiro atoms. The third-order valence-electron chi connectivity index (χ3n) is 4.27. The summed E-state index contributed by atoms with van der Waals surface area (Å²) in [6, 6.07) is 5.12. The van der Waals surface area contributed by atoms with Gasteiger partial charge in [0.15, 0.2) is 0 Å². The first-order chi connectivity index (χ1) is 8.85. The zero-order valence-electron chi connectivity index (χ0n) is 12.4. The second-order valence-corrected chi connectivity index (χ2v) is 6.24. The van der Waals surface area contributed by atoms with Gasteiger partial charge in [-0.05, 0) is 64.7 Å². The Morgan fingerprint density at radius 2 is 2.05 bits per heavy atom. The summed E-state index contributed by atoms with van der Waals surface area (Å²) in [5.74, 6) is -0.184. The lowest BCUT2D eigenvalue weighted by molar-refractivity contribution is 0.116. The standard InChI is InChI=1S/C15H24BrFN2/c1-6-15(2,19(4)5)14(18-3)10-11-9-12(17)7-8-13(11)16/h7-9,14,18H,6,10H2,1-5H3. The average molecular weight is 331 g/mol. The van der Waals surface area contributed by atoms with Crippen molar-refractivity contribution >= 4 is 15.9 Å². The van der Waals surface area contributed by atoms with Crippen LogP contribution in [0.15, 0.2) is 22.7 Å². The Morgan fingerprint density at radius 1 is 1.42 bits per heavy atom. The summed E-state index contributed by atoms with van der Waals surface area (Å²) in [6.45, 7) is 4.42. The first-order valence-electron chi connectivity index (χ1n) is 6.63. The maximum atomic E-state index is 13.4. The lowest BCUT2D eigenvalue weighted by Gasteiger charge is -2.43. The highest BCUT2D eigenvalue weighted by Gasteiger charge is 2.34. The van der Waals surface area contributed by atoms with E-state index in [4.69, 9.17) is 0 Å². The summed E-state index contributed by atoms with van der Waals surface area (Å²) in [7, 11) is 6.15. The maximum Gasteiger partial charge on any atom is 0.123 e. The van der Waals surface area contributed by atoms with Crippen LogP contribution >= 0.6 is 15.9 Å². The molecule has 0 amide bonds. The molecule has 19 heavy (non-hydrogen) atoms. The predicted molar refractivity (Wildman–Crippen MR) is 83.0 cm³/mol. The van der Waals surface area contributed by atoms with Gasteiger partial charge in [0.1, 0.15) is 5.82 Å². The molecule has 2 unspecified atom stereocenters. The van der Waals surface area contributed by atoms with E-state index in [0.717, 1.165) is 22.9 Å². The molecule has 2 atom stereocenters. The largest absolute Gasteiger partial charge is 0.315 e. The van der Waals surface area contributed by atoms with Crippen LogP contribution in [0.4, 0.5) is 4.39 Å². The Morgan fingerprint density at radius 3 is 2.53 bits per heavy atom. The van der Waals surface area contributed by atoms with Crippen LogP contribution in [-0.2, 0) is 6.42 Å². The van der Waals surface area contributed by atoms with Gasteiger partial charge in [-0.2, -0.15) is 0 Å². The normalized spacial score (nSPS) is 16.4. The summed E-state index contributed by atoms with van der Waals surface area (Å²) < 4.78 is 14.4. The fourth-order valence-electron chi connectivity index (χ4n) is 2.43. The Kier molecular flexibility index (Phi) is 5.96. The van der Waals surface area contributed by atoms with Crippen molar-refractivity contribution in [1.29, 1.82) is 0 Å². The highest BCUT2D eigenvalue weighted by molar-refractivity contribution is 9.10. The quantitative estimate of drug-likeness (QED) is 0.859. The molecule has 0 saturated carbocycles. The molecule has 108 valence electrons. The van der Waals surface area contributed by atoms with E-state index in [1.54, 1.807) is 12.1 Å². The van der Waals surface area contributed by atoms with E-state index in [1.807, 2.05) is 7.05 Å². The van der Waals surface area contributed by atoms with E-state index in [0.29, 0.717) is 0 Å². The van der Waals surface area contributed by atoms with Gasteiger partial charge in [-0.1, -0.05) is 22.9 Å². The molecule has 0 aromatic heterocycles. The second kappa shape index (κ2) is 6.82. The zero-order chi connectivity index (χ0) is 14.6. The first kappa shape index (κ1) is 16.6. The number of hydrogen-bond donors (Lipinski definition) is 1. The van der Waals surface area contributed by atoms with Crippen molar-refractivity contribution in [3.8, 4) is 0 Å². The van der Waals surface area contributed by atoms with Crippen LogP contribution in [0.5, 0.6) is 0 Å². The second-order valence-electron chi connectivity index (χ2n) is 5.39. The van der Waals surface area contributed by atoms with Crippen LogP contribution in [0.1, 0.15) is 25.8 Å². The highest BCUT2D eigenvalue weighted by atomic mass is 79.9. The van der Waals surface area contributed by atoms with E-state index in [1.165, 1.54) is 6.07 Å². The number of benzene rings is 1. The Labute approximate surface area is 124 Å². The molecular formula is C15H24BrFN2. The predicted octanol–water partition coefficient (Wildman–Crippen LogP) is 3.45. The van der Waals surface area contributed by atoms with E-state index in [9.17, 15) is 4.39 Å². The number of nitrogens with one attached hydrogen (secondary N) is 1. The lowest BCUT2D eigenvalue weighted by atomic mass is 9.84. The molecule has 0 saturated heterocycles. The molecule has 1 aromatic rings. The summed E-state index contributed by atoms with van der Waals surface area (Å²) in [5.41, 5.74) is 1.03. The van der Waals surface area contributed by atoms with Gasteiger partial charge in [-0.25, -0.2) is 4.39 Å². The van der Waals surface area contributed by atoms with Crippen LogP contribution in [-0.4, -0.2) is 37.6 Å². The molecular weight excluding hydrogens is 307 g/mol. The van der Waals surface area contributed by atoms with Gasteiger partial charge in [-0.15, -0.1) is 0 Å². The SMILES string of the molecule is CCC(C)(C(Cc1cc(F)ccc1Br)NC)N(C)C. The van der Waals surface area contributed by atoms with Crippen molar-refractivity contribution in [2.45, 2.75) is 38.3 Å². The molecule has 1 rings (SSSR count). The zero-order valence-corrected chi connectivity index (χ0v) is 14.0. The topological polar surface area (TPSA) is 15.3 Å². The Bertz CT molecular complexity index is 423. The maximum absolute atomic E-state index is 13.4. The fourth-order valence-corrected chi connectivity index (χ4v) is 2.84. The van der Waals surface area contributed by atoms with Crippen molar-refractivity contribution in [3.63, 3.8) is 0 Å². The number of rotatable bonds is 6. The van der Waals surface area contributed by atoms with Gasteiger partial charge in [0.25, 0.3) is 0 Å². The van der Waals surface area contributed by atoms with Gasteiger partial charge in [0.2, 0.25) is 0 Å². The van der Waals surface area contributed by atoms with Crippen molar-refractivity contribution in [1.82, 2.24) is 10.2 Å². The van der Waals surface area contributed by atoms with Gasteiger partial charge >= 0.3 is 0 Å². The van der Waals surface area contributed by atoms with Crippen molar-refractivity contribution in [2.75, 3.05) is 21.1 Å². The van der Waals surface area contributed by atoms with Crippen LogP contribution < -0.4 is 5.32 Å². The third kappa shape index (κ3) is 3.77. The Balaban J connectivity index is 3.02. The van der Waals surface area contributed by atoms with Crippen LogP contribution in [0, 0.1) is 5.82 Å². The molecule has 0 fully saturated rings. The number of nitrogens with zero attached hydrogens (tertiary/aromatic N) is 1. The Hall–Kier alpha value is -0.450. The molecule has 1 aromatic carbocycles. The molecule has 0 aliphatic heterocycles. The monoisotopic (exact) mass is 330 g/mol. The van der Waals surface area contributed by atoms with Crippen molar-refractivity contribution < 1.29 is 4.39 Å². The summed E-state index contributed by atoms with van der Waals surface area (Å²) in [4.78, 5) is 2.24. The molecule has 4 heteroatoms. The molecule has 0 radical (unpaired) electrons. The lowest BCUT2D eigenvalue weighted by Crippen LogP contribution is -2.57. The summed E-state index contributed by atoms with van der Waals surface area (Å²) in [5, 5.41) is 3.39. The van der Waals surface area contributed by atoms with Gasteiger partial charge < -0.3 is 10.2 Å². The van der Waals surface area contributed by atoms with Crippen molar-refractivity contribution in [2.24, 2.45) is 0 Å². The van der Waals surface area contributed by atoms with Crippen LogP contribution in [0.25, 0.3) is 0 Å². The fraction of sp³-hybridized carbons (Fsp3) is 0.600. The third-order valence-corrected chi connectivity index (χ3v) is 5.04. The summed E-state index contributed by atoms with van der Waals surface area (Å²) >= 11 is 3.51. The average Bonchev–Trinajstić information content (AvgIpc) is 2.38. The van der Waals surface area contributed by atoms with Crippen LogP contribution in [0.3, 0.4) is 0 Å². The van der Waals surface area contributed by atoms with Gasteiger partial charge in [0.05, 0.1) is 0 Å². The van der Waals surface area contributed by atoms with E-state index in [-0.39, 0.29) is 17.4 Å². The van der Waals surface area contributed by atoms with E-state index < -0.39 is 0 Å².